The molecule has 3 aromatic rings. The molecule has 7 heteroatoms. The number of hydrogen-bond acceptors (Lipinski definition) is 4. The minimum absolute atomic E-state index is 0.0792. The molecule has 2 heterocycles. The molecule has 4 rings (SSSR count). The monoisotopic (exact) mass is 414 g/mol. The molecule has 0 aliphatic carbocycles. The highest BCUT2D eigenvalue weighted by Crippen LogP contribution is 2.34. The van der Waals surface area contributed by atoms with Crippen molar-refractivity contribution in [2.45, 2.75) is 25.9 Å². The summed E-state index contributed by atoms with van der Waals surface area (Å²) in [5.74, 6) is 0.515. The van der Waals surface area contributed by atoms with Crippen LogP contribution < -0.4 is 4.74 Å². The van der Waals surface area contributed by atoms with E-state index in [2.05, 4.69) is 4.98 Å². The minimum Gasteiger partial charge on any atom is -0.490 e. The van der Waals surface area contributed by atoms with Gasteiger partial charge in [-0.1, -0.05) is 12.1 Å². The molecule has 0 radical (unpaired) electrons. The Bertz CT molecular complexity index is 1130. The highest BCUT2D eigenvalue weighted by Gasteiger charge is 2.28. The van der Waals surface area contributed by atoms with Crippen molar-refractivity contribution in [1.82, 2.24) is 9.29 Å². The summed E-state index contributed by atoms with van der Waals surface area (Å²) < 4.78 is 45.7. The first-order chi connectivity index (χ1) is 14.0. The van der Waals surface area contributed by atoms with Gasteiger partial charge in [-0.05, 0) is 66.6 Å². The third kappa shape index (κ3) is 4.26. The molecule has 0 bridgehead atoms. The fraction of sp³-hybridized carbons (Fsp3) is 0.318. The normalized spacial score (nSPS) is 16.2. The maximum atomic E-state index is 13.7. The second kappa shape index (κ2) is 8.08. The Morgan fingerprint density at radius 3 is 2.66 bits per heavy atom. The molecule has 1 saturated heterocycles. The average Bonchev–Trinajstić information content (AvgIpc) is 2.74. The van der Waals surface area contributed by atoms with Crippen LogP contribution in [0.25, 0.3) is 21.9 Å². The number of aromatic nitrogens is 1. The molecular formula is C22H23FN2O3S. The average molecular weight is 415 g/mol. The van der Waals surface area contributed by atoms with E-state index in [1.54, 1.807) is 25.4 Å². The summed E-state index contributed by atoms with van der Waals surface area (Å²) in [6, 6.07) is 12.3. The molecule has 0 amide bonds. The lowest BCUT2D eigenvalue weighted by Gasteiger charge is -2.31. The van der Waals surface area contributed by atoms with Gasteiger partial charge in [0.05, 0.1) is 5.75 Å². The van der Waals surface area contributed by atoms with Crippen LogP contribution in [0.4, 0.5) is 4.39 Å². The van der Waals surface area contributed by atoms with Crippen LogP contribution in [-0.4, -0.2) is 42.7 Å². The van der Waals surface area contributed by atoms with Crippen LogP contribution >= 0.6 is 0 Å². The number of ether oxygens (including phenoxy) is 1. The molecule has 1 fully saturated rings. The molecule has 0 unspecified atom stereocenters. The number of hydrogen-bond donors (Lipinski definition) is 0. The minimum atomic E-state index is -3.17. The molecule has 0 N–H and O–H groups in total. The van der Waals surface area contributed by atoms with Gasteiger partial charge >= 0.3 is 0 Å². The lowest BCUT2D eigenvalue weighted by Crippen LogP contribution is -2.42. The lowest BCUT2D eigenvalue weighted by atomic mass is 10.0. The standard InChI is InChI=1S/C22H23FN2O3S/c1-2-29(26,27)25-10-7-20(8-11-25)28-22-14-18(16-4-3-5-19(23)13-16)12-17-6-9-24-15-21(17)22/h3-6,9,12-15,20H,2,7-8,10-11H2,1H3. The Labute approximate surface area is 170 Å². The molecule has 1 aliphatic heterocycles. The van der Waals surface area contributed by atoms with Gasteiger partial charge in [0.25, 0.3) is 0 Å². The number of halogens is 1. The summed E-state index contributed by atoms with van der Waals surface area (Å²) >= 11 is 0. The fourth-order valence-electron chi connectivity index (χ4n) is 3.69. The zero-order chi connectivity index (χ0) is 20.4. The van der Waals surface area contributed by atoms with Crippen molar-refractivity contribution < 1.29 is 17.5 Å². The molecule has 2 aromatic carbocycles. The summed E-state index contributed by atoms with van der Waals surface area (Å²) in [5, 5.41) is 1.85. The molecule has 5 nitrogen and oxygen atoms in total. The van der Waals surface area contributed by atoms with E-state index in [0.29, 0.717) is 31.7 Å². The van der Waals surface area contributed by atoms with Crippen molar-refractivity contribution >= 4 is 20.8 Å². The summed E-state index contributed by atoms with van der Waals surface area (Å²) in [5.41, 5.74) is 1.64. The SMILES string of the molecule is CCS(=O)(=O)N1CCC(Oc2cc(-c3cccc(F)c3)cc3ccncc23)CC1. The van der Waals surface area contributed by atoms with Crippen molar-refractivity contribution in [2.75, 3.05) is 18.8 Å². The van der Waals surface area contributed by atoms with Crippen molar-refractivity contribution in [3.05, 3.63) is 60.7 Å². The van der Waals surface area contributed by atoms with Gasteiger partial charge in [-0.3, -0.25) is 4.98 Å². The van der Waals surface area contributed by atoms with E-state index in [0.717, 1.165) is 21.9 Å². The summed E-state index contributed by atoms with van der Waals surface area (Å²) in [4.78, 5) is 4.21. The maximum Gasteiger partial charge on any atom is 0.213 e. The van der Waals surface area contributed by atoms with Crippen molar-refractivity contribution in [3.63, 3.8) is 0 Å². The number of benzene rings is 2. The number of nitrogens with zero attached hydrogens (tertiary/aromatic N) is 2. The number of rotatable bonds is 5. The largest absolute Gasteiger partial charge is 0.490 e. The van der Waals surface area contributed by atoms with E-state index in [1.807, 2.05) is 24.3 Å². The second-order valence-electron chi connectivity index (χ2n) is 7.20. The Morgan fingerprint density at radius 1 is 1.14 bits per heavy atom. The zero-order valence-corrected chi connectivity index (χ0v) is 17.0. The van der Waals surface area contributed by atoms with Gasteiger partial charge in [-0.2, -0.15) is 0 Å². The van der Waals surface area contributed by atoms with Crippen LogP contribution in [0.1, 0.15) is 19.8 Å². The predicted molar refractivity (Wildman–Crippen MR) is 112 cm³/mol. The number of fused-ring (bicyclic) bond motifs is 1. The fourth-order valence-corrected chi connectivity index (χ4v) is 4.82. The predicted octanol–water partition coefficient (Wildman–Crippen LogP) is 4.23. The van der Waals surface area contributed by atoms with Crippen LogP contribution in [-0.2, 0) is 10.0 Å². The van der Waals surface area contributed by atoms with Crippen LogP contribution in [0.5, 0.6) is 5.75 Å². The Morgan fingerprint density at radius 2 is 1.93 bits per heavy atom. The molecule has 1 aliphatic rings. The van der Waals surface area contributed by atoms with Gasteiger partial charge < -0.3 is 4.74 Å². The van der Waals surface area contributed by atoms with Gasteiger partial charge in [-0.25, -0.2) is 17.1 Å². The van der Waals surface area contributed by atoms with Crippen molar-refractivity contribution in [1.29, 1.82) is 0 Å². The third-order valence-electron chi connectivity index (χ3n) is 5.33. The summed E-state index contributed by atoms with van der Waals surface area (Å²) in [6.07, 6.45) is 4.66. The molecular weight excluding hydrogens is 391 g/mol. The van der Waals surface area contributed by atoms with E-state index in [4.69, 9.17) is 4.74 Å². The van der Waals surface area contributed by atoms with Crippen molar-refractivity contribution in [2.24, 2.45) is 0 Å². The van der Waals surface area contributed by atoms with Gasteiger partial charge in [0.15, 0.2) is 0 Å². The Kier molecular flexibility index (Phi) is 5.52. The first kappa shape index (κ1) is 19.8. The summed E-state index contributed by atoms with van der Waals surface area (Å²) in [7, 11) is -3.17. The molecule has 152 valence electrons. The first-order valence-electron chi connectivity index (χ1n) is 9.74. The molecule has 1 aromatic heterocycles. The molecule has 0 spiro atoms. The zero-order valence-electron chi connectivity index (χ0n) is 16.2. The van der Waals surface area contributed by atoms with E-state index < -0.39 is 10.0 Å². The van der Waals surface area contributed by atoms with E-state index in [-0.39, 0.29) is 17.7 Å². The summed E-state index contributed by atoms with van der Waals surface area (Å²) in [6.45, 7) is 2.58. The molecule has 29 heavy (non-hydrogen) atoms. The molecule has 0 atom stereocenters. The van der Waals surface area contributed by atoms with E-state index in [1.165, 1.54) is 16.4 Å². The number of pyridine rings is 1. The Balaban J connectivity index is 1.62. The topological polar surface area (TPSA) is 59.5 Å². The van der Waals surface area contributed by atoms with Gasteiger partial charge in [0.1, 0.15) is 17.7 Å². The second-order valence-corrected chi connectivity index (χ2v) is 9.46. The smallest absolute Gasteiger partial charge is 0.213 e. The van der Waals surface area contributed by atoms with Gasteiger partial charge in [0.2, 0.25) is 10.0 Å². The number of sulfonamides is 1. The van der Waals surface area contributed by atoms with E-state index >= 15 is 0 Å². The van der Waals surface area contributed by atoms with E-state index in [9.17, 15) is 12.8 Å². The molecule has 0 saturated carbocycles. The van der Waals surface area contributed by atoms with Gasteiger partial charge in [-0.15, -0.1) is 0 Å². The third-order valence-corrected chi connectivity index (χ3v) is 7.21. The van der Waals surface area contributed by atoms with Crippen molar-refractivity contribution in [3.8, 4) is 16.9 Å². The van der Waals surface area contributed by atoms with Crippen LogP contribution in [0.3, 0.4) is 0 Å². The highest BCUT2D eigenvalue weighted by atomic mass is 32.2. The quantitative estimate of drug-likeness (QED) is 0.627. The van der Waals surface area contributed by atoms with Gasteiger partial charge in [0, 0.05) is 30.9 Å². The highest BCUT2D eigenvalue weighted by molar-refractivity contribution is 7.89. The maximum absolute atomic E-state index is 13.7. The van der Waals surface area contributed by atoms with Crippen LogP contribution in [0.15, 0.2) is 54.9 Å². The first-order valence-corrected chi connectivity index (χ1v) is 11.4. The lowest BCUT2D eigenvalue weighted by molar-refractivity contribution is 0.137. The van der Waals surface area contributed by atoms with Crippen LogP contribution in [0.2, 0.25) is 0 Å². The number of piperidine rings is 1. The Hall–Kier alpha value is -2.51. The van der Waals surface area contributed by atoms with Crippen LogP contribution in [0, 0.1) is 5.82 Å².